The first-order chi connectivity index (χ1) is 8.37. The number of carbonyl (C=O) groups is 2. The highest BCUT2D eigenvalue weighted by Crippen LogP contribution is 2.30. The van der Waals surface area contributed by atoms with E-state index in [-0.39, 0.29) is 17.9 Å². The zero-order valence-electron chi connectivity index (χ0n) is 11.6. The number of nitrogens with zero attached hydrogens (tertiary/aromatic N) is 1. The number of hydrogen-bond donors (Lipinski definition) is 0. The number of ketones is 1. The van der Waals surface area contributed by atoms with Crippen LogP contribution in [0.5, 0.6) is 0 Å². The summed E-state index contributed by atoms with van der Waals surface area (Å²) < 4.78 is 5.39. The van der Waals surface area contributed by atoms with Crippen LogP contribution >= 0.6 is 0 Å². The maximum Gasteiger partial charge on any atom is 0.410 e. The summed E-state index contributed by atoms with van der Waals surface area (Å²) in [5, 5.41) is 0. The monoisotopic (exact) mass is 253 g/mol. The van der Waals surface area contributed by atoms with Crippen LogP contribution in [0.25, 0.3) is 0 Å². The predicted octanol–water partition coefficient (Wildman–Crippen LogP) is 2.61. The summed E-state index contributed by atoms with van der Waals surface area (Å²) in [5.41, 5.74) is -0.469. The van der Waals surface area contributed by atoms with Crippen molar-refractivity contribution in [1.82, 2.24) is 4.90 Å². The molecule has 2 bridgehead atoms. The maximum absolute atomic E-state index is 12.1. The fourth-order valence-corrected chi connectivity index (χ4v) is 2.84. The summed E-state index contributed by atoms with van der Waals surface area (Å²) in [4.78, 5) is 25.9. The molecular weight excluding hydrogens is 230 g/mol. The molecule has 1 aliphatic carbocycles. The molecule has 0 aromatic rings. The molecule has 2 atom stereocenters. The van der Waals surface area contributed by atoms with Gasteiger partial charge in [0.1, 0.15) is 11.4 Å². The molecule has 1 saturated heterocycles. The first kappa shape index (κ1) is 13.4. The van der Waals surface area contributed by atoms with Crippen molar-refractivity contribution < 1.29 is 14.3 Å². The minimum absolute atomic E-state index is 0.0405. The van der Waals surface area contributed by atoms with E-state index in [1.54, 1.807) is 4.90 Å². The van der Waals surface area contributed by atoms with E-state index in [9.17, 15) is 9.59 Å². The highest BCUT2D eigenvalue weighted by atomic mass is 16.6. The van der Waals surface area contributed by atoms with Crippen LogP contribution in [0, 0.1) is 11.8 Å². The fraction of sp³-hybridized carbons (Fsp3) is 0.857. The number of piperidine rings is 1. The van der Waals surface area contributed by atoms with E-state index in [0.29, 0.717) is 18.9 Å². The van der Waals surface area contributed by atoms with Gasteiger partial charge in [0.15, 0.2) is 0 Å². The fourth-order valence-electron chi connectivity index (χ4n) is 2.84. The van der Waals surface area contributed by atoms with Crippen molar-refractivity contribution in [1.29, 1.82) is 0 Å². The van der Waals surface area contributed by atoms with E-state index < -0.39 is 5.60 Å². The Morgan fingerprint density at radius 3 is 2.11 bits per heavy atom. The summed E-state index contributed by atoms with van der Waals surface area (Å²) in [7, 11) is 0. The number of carbonyl (C=O) groups excluding carboxylic acids is 2. The van der Waals surface area contributed by atoms with Gasteiger partial charge in [-0.25, -0.2) is 4.79 Å². The quantitative estimate of drug-likeness (QED) is 0.666. The van der Waals surface area contributed by atoms with Crippen LogP contribution in [-0.4, -0.2) is 35.5 Å². The Labute approximate surface area is 109 Å². The molecule has 0 N–H and O–H groups in total. The van der Waals surface area contributed by atoms with Gasteiger partial charge in [-0.2, -0.15) is 0 Å². The first-order valence-corrected chi connectivity index (χ1v) is 6.88. The number of amides is 1. The van der Waals surface area contributed by atoms with Crippen LogP contribution in [0.1, 0.15) is 46.5 Å². The minimum atomic E-state index is -0.469. The Morgan fingerprint density at radius 2 is 1.67 bits per heavy atom. The molecule has 0 spiro atoms. The van der Waals surface area contributed by atoms with Crippen molar-refractivity contribution in [3.8, 4) is 0 Å². The van der Waals surface area contributed by atoms with Gasteiger partial charge in [-0.05, 0) is 33.6 Å². The van der Waals surface area contributed by atoms with E-state index in [1.807, 2.05) is 20.8 Å². The van der Waals surface area contributed by atoms with Gasteiger partial charge in [0.25, 0.3) is 0 Å². The molecular formula is C14H23NO3. The minimum Gasteiger partial charge on any atom is -0.444 e. The summed E-state index contributed by atoms with van der Waals surface area (Å²) in [6.07, 6.45) is 3.79. The molecule has 1 saturated carbocycles. The molecule has 2 aliphatic rings. The van der Waals surface area contributed by atoms with Crippen LogP contribution < -0.4 is 0 Å². The molecule has 0 radical (unpaired) electrons. The number of fused-ring (bicyclic) bond motifs is 2. The summed E-state index contributed by atoms with van der Waals surface area (Å²) in [6.45, 7) is 6.70. The average Bonchev–Trinajstić information content (AvgIpc) is 2.36. The third-order valence-corrected chi connectivity index (χ3v) is 3.69. The molecule has 2 fully saturated rings. The zero-order chi connectivity index (χ0) is 13.3. The van der Waals surface area contributed by atoms with E-state index in [4.69, 9.17) is 4.74 Å². The second-order valence-corrected chi connectivity index (χ2v) is 6.47. The van der Waals surface area contributed by atoms with Crippen LogP contribution in [0.4, 0.5) is 4.79 Å². The molecule has 4 nitrogen and oxygen atoms in total. The Kier molecular flexibility index (Phi) is 3.64. The third-order valence-electron chi connectivity index (χ3n) is 3.69. The number of likely N-dealkylation sites (tertiary alicyclic amines) is 1. The highest BCUT2D eigenvalue weighted by molar-refractivity contribution is 5.86. The Hall–Kier alpha value is -1.06. The van der Waals surface area contributed by atoms with Gasteiger partial charge in [-0.1, -0.05) is 12.8 Å². The van der Waals surface area contributed by atoms with Gasteiger partial charge in [0.05, 0.1) is 0 Å². The topological polar surface area (TPSA) is 46.6 Å². The lowest BCUT2D eigenvalue weighted by Gasteiger charge is -2.36. The number of rotatable bonds is 0. The maximum atomic E-state index is 12.1. The molecule has 102 valence electrons. The van der Waals surface area contributed by atoms with Gasteiger partial charge in [-0.3, -0.25) is 4.79 Å². The van der Waals surface area contributed by atoms with Crippen LogP contribution in [0.2, 0.25) is 0 Å². The summed E-state index contributed by atoms with van der Waals surface area (Å²) in [5.74, 6) is 0.449. The lowest BCUT2D eigenvalue weighted by molar-refractivity contribution is -0.130. The van der Waals surface area contributed by atoms with Crippen molar-refractivity contribution in [2.24, 2.45) is 11.8 Å². The van der Waals surface area contributed by atoms with Gasteiger partial charge >= 0.3 is 6.09 Å². The van der Waals surface area contributed by atoms with Crippen molar-refractivity contribution in [2.75, 3.05) is 13.1 Å². The average molecular weight is 253 g/mol. The normalized spacial score (nSPS) is 28.8. The van der Waals surface area contributed by atoms with Crippen molar-refractivity contribution >= 4 is 11.9 Å². The summed E-state index contributed by atoms with van der Waals surface area (Å²) >= 11 is 0. The molecule has 2 rings (SSSR count). The van der Waals surface area contributed by atoms with Gasteiger partial charge < -0.3 is 9.64 Å². The Morgan fingerprint density at radius 1 is 1.17 bits per heavy atom. The largest absolute Gasteiger partial charge is 0.444 e. The predicted molar refractivity (Wildman–Crippen MR) is 68.3 cm³/mol. The van der Waals surface area contributed by atoms with Crippen molar-refractivity contribution in [3.63, 3.8) is 0 Å². The Bertz CT molecular complexity index is 327. The van der Waals surface area contributed by atoms with E-state index in [0.717, 1.165) is 25.7 Å². The van der Waals surface area contributed by atoms with Gasteiger partial charge in [0, 0.05) is 24.9 Å². The molecule has 4 heteroatoms. The van der Waals surface area contributed by atoms with Crippen molar-refractivity contribution in [2.45, 2.75) is 52.1 Å². The second-order valence-electron chi connectivity index (χ2n) is 6.47. The van der Waals surface area contributed by atoms with Crippen LogP contribution in [0.3, 0.4) is 0 Å². The molecule has 18 heavy (non-hydrogen) atoms. The molecule has 1 amide bonds. The third kappa shape index (κ3) is 3.03. The smallest absolute Gasteiger partial charge is 0.410 e. The molecule has 1 aliphatic heterocycles. The van der Waals surface area contributed by atoms with E-state index in [1.165, 1.54) is 0 Å². The van der Waals surface area contributed by atoms with Crippen LogP contribution in [0.15, 0.2) is 0 Å². The molecule has 0 unspecified atom stereocenters. The summed E-state index contributed by atoms with van der Waals surface area (Å²) in [6, 6.07) is 0. The molecule has 0 aromatic carbocycles. The van der Waals surface area contributed by atoms with Crippen LogP contribution in [-0.2, 0) is 9.53 Å². The second kappa shape index (κ2) is 4.90. The molecule has 0 aromatic heterocycles. The van der Waals surface area contributed by atoms with Crippen molar-refractivity contribution in [3.05, 3.63) is 0 Å². The molecule has 1 heterocycles. The SMILES string of the molecule is CC(C)(C)OC(=O)N1C[C@H]2CCCC[C@@H](C1)C2=O. The number of Topliss-reactive ketones (excluding diaryl/α,β-unsaturated/α-hetero) is 1. The highest BCUT2D eigenvalue weighted by Gasteiger charge is 2.39. The van der Waals surface area contributed by atoms with Gasteiger partial charge in [0.2, 0.25) is 0 Å². The first-order valence-electron chi connectivity index (χ1n) is 6.88. The standard InChI is InChI=1S/C14H23NO3/c1-14(2,3)18-13(17)15-8-10-6-4-5-7-11(9-15)12(10)16/h10-11H,4-9H2,1-3H3/t10-,11+. The number of hydrogen-bond acceptors (Lipinski definition) is 3. The lowest BCUT2D eigenvalue weighted by atomic mass is 9.87. The Balaban J connectivity index is 2.04. The van der Waals surface area contributed by atoms with E-state index in [2.05, 4.69) is 0 Å². The van der Waals surface area contributed by atoms with E-state index >= 15 is 0 Å². The number of ether oxygens (including phenoxy) is 1. The lowest BCUT2D eigenvalue weighted by Crippen LogP contribution is -2.49. The van der Waals surface area contributed by atoms with Gasteiger partial charge in [-0.15, -0.1) is 0 Å². The zero-order valence-corrected chi connectivity index (χ0v) is 11.6.